The number of allylic oxidation sites excluding steroid dienone is 2. The van der Waals surface area contributed by atoms with Crippen LogP contribution in [0.3, 0.4) is 0 Å². The molecule has 1 amide bonds. The number of pyridine rings is 1. The number of hydrogen-bond acceptors (Lipinski definition) is 3. The summed E-state index contributed by atoms with van der Waals surface area (Å²) < 4.78 is 6.16. The van der Waals surface area contributed by atoms with Crippen molar-refractivity contribution in [2.75, 3.05) is 6.54 Å². The number of carbonyl (C=O) groups excluding carboxylic acids is 1. The van der Waals surface area contributed by atoms with E-state index in [-0.39, 0.29) is 5.91 Å². The molecule has 0 unspecified atom stereocenters. The van der Waals surface area contributed by atoms with E-state index in [0.29, 0.717) is 47.6 Å². The van der Waals surface area contributed by atoms with Crippen molar-refractivity contribution < 1.29 is 9.53 Å². The lowest BCUT2D eigenvalue weighted by Crippen LogP contribution is -2.38. The van der Waals surface area contributed by atoms with Gasteiger partial charge < -0.3 is 9.64 Å². The first kappa shape index (κ1) is 26.2. The fourth-order valence-electron chi connectivity index (χ4n) is 4.77. The minimum absolute atomic E-state index is 0.106. The molecule has 4 nitrogen and oxygen atoms in total. The molecule has 6 heteroatoms. The van der Waals surface area contributed by atoms with Crippen LogP contribution in [-0.4, -0.2) is 22.3 Å². The Labute approximate surface area is 223 Å². The predicted molar refractivity (Wildman–Crippen MR) is 148 cm³/mol. The average molecular weight is 524 g/mol. The molecule has 188 valence electrons. The van der Waals surface area contributed by atoms with Crippen LogP contribution < -0.4 is 4.74 Å². The first-order valence-corrected chi connectivity index (χ1v) is 13.2. The van der Waals surface area contributed by atoms with Crippen molar-refractivity contribution in [1.82, 2.24) is 9.88 Å². The van der Waals surface area contributed by atoms with Gasteiger partial charge in [0.25, 0.3) is 5.91 Å². The van der Waals surface area contributed by atoms with Crippen LogP contribution in [0.25, 0.3) is 5.57 Å². The van der Waals surface area contributed by atoms with Crippen LogP contribution in [0.1, 0.15) is 70.6 Å². The molecule has 0 spiro atoms. The maximum Gasteiger partial charge on any atom is 0.256 e. The standard InChI is InChI=1S/C30H32Cl2N2O2/c1-5-10-22(6-2)24-16-26(31)23-13-14-34(30(35)27(23)28(24)32)17-25-19(3)15-20(4)33-29(25)36-18-21-11-8-7-9-12-21/h7-12,15-16H,5-6,13-14,17-18H2,1-4H3. The highest BCUT2D eigenvalue weighted by molar-refractivity contribution is 6.38. The Bertz CT molecular complexity index is 1300. The minimum Gasteiger partial charge on any atom is -0.473 e. The fourth-order valence-corrected chi connectivity index (χ4v) is 5.44. The second-order valence-electron chi connectivity index (χ2n) is 9.18. The molecule has 0 bridgehead atoms. The van der Waals surface area contributed by atoms with Gasteiger partial charge >= 0.3 is 0 Å². The van der Waals surface area contributed by atoms with Crippen LogP contribution in [0.2, 0.25) is 10.0 Å². The Balaban J connectivity index is 1.66. The lowest BCUT2D eigenvalue weighted by atomic mass is 9.92. The Kier molecular flexibility index (Phi) is 8.38. The van der Waals surface area contributed by atoms with Crippen molar-refractivity contribution in [1.29, 1.82) is 0 Å². The SMILES string of the molecule is CCC=C(CC)c1cc(Cl)c2c(c1Cl)C(=O)N(Cc1c(C)cc(C)nc1OCc1ccccc1)CC2. The summed E-state index contributed by atoms with van der Waals surface area (Å²) in [6.45, 7) is 9.52. The Morgan fingerprint density at radius 3 is 2.58 bits per heavy atom. The van der Waals surface area contributed by atoms with Gasteiger partial charge in [-0.05, 0) is 73.1 Å². The number of benzene rings is 2. The van der Waals surface area contributed by atoms with Gasteiger partial charge in [-0.1, -0.05) is 73.5 Å². The molecule has 2 heterocycles. The molecule has 2 aromatic carbocycles. The van der Waals surface area contributed by atoms with Crippen molar-refractivity contribution in [2.45, 2.75) is 60.1 Å². The molecule has 0 aliphatic carbocycles. The van der Waals surface area contributed by atoms with Crippen LogP contribution in [0.5, 0.6) is 5.88 Å². The zero-order chi connectivity index (χ0) is 25.8. The second kappa shape index (κ2) is 11.5. The lowest BCUT2D eigenvalue weighted by Gasteiger charge is -2.31. The quantitative estimate of drug-likeness (QED) is 0.301. The number of fused-ring (bicyclic) bond motifs is 1. The maximum absolute atomic E-state index is 13.8. The predicted octanol–water partition coefficient (Wildman–Crippen LogP) is 7.99. The molecule has 1 aromatic heterocycles. The third kappa shape index (κ3) is 5.45. The molecule has 1 aliphatic rings. The topological polar surface area (TPSA) is 42.4 Å². The molecule has 36 heavy (non-hydrogen) atoms. The van der Waals surface area contributed by atoms with Gasteiger partial charge in [-0.2, -0.15) is 0 Å². The van der Waals surface area contributed by atoms with E-state index in [1.165, 1.54) is 0 Å². The van der Waals surface area contributed by atoms with Gasteiger partial charge in [-0.15, -0.1) is 0 Å². The van der Waals surface area contributed by atoms with E-state index in [9.17, 15) is 4.79 Å². The molecule has 0 fully saturated rings. The van der Waals surface area contributed by atoms with E-state index in [2.05, 4.69) is 24.9 Å². The molecule has 0 saturated heterocycles. The smallest absolute Gasteiger partial charge is 0.256 e. The lowest BCUT2D eigenvalue weighted by molar-refractivity contribution is 0.0725. The summed E-state index contributed by atoms with van der Waals surface area (Å²) >= 11 is 13.6. The summed E-state index contributed by atoms with van der Waals surface area (Å²) in [5.41, 5.74) is 7.20. The summed E-state index contributed by atoms with van der Waals surface area (Å²) in [5, 5.41) is 1.10. The number of aryl methyl sites for hydroxylation is 2. The van der Waals surface area contributed by atoms with E-state index in [1.807, 2.05) is 61.2 Å². The van der Waals surface area contributed by atoms with Crippen LogP contribution in [0, 0.1) is 13.8 Å². The molecule has 0 saturated carbocycles. The Morgan fingerprint density at radius 1 is 1.14 bits per heavy atom. The van der Waals surface area contributed by atoms with Crippen molar-refractivity contribution in [3.8, 4) is 5.88 Å². The van der Waals surface area contributed by atoms with Crippen molar-refractivity contribution in [2.24, 2.45) is 0 Å². The third-order valence-electron chi connectivity index (χ3n) is 6.63. The zero-order valence-corrected chi connectivity index (χ0v) is 22.8. The molecular formula is C30H32Cl2N2O2. The number of rotatable bonds is 8. The third-order valence-corrected chi connectivity index (χ3v) is 7.36. The number of hydrogen-bond donors (Lipinski definition) is 0. The van der Waals surface area contributed by atoms with E-state index >= 15 is 0 Å². The molecule has 1 aliphatic heterocycles. The van der Waals surface area contributed by atoms with E-state index < -0.39 is 0 Å². The van der Waals surface area contributed by atoms with Crippen LogP contribution in [0.15, 0.2) is 48.5 Å². The van der Waals surface area contributed by atoms with E-state index in [4.69, 9.17) is 27.9 Å². The molecular weight excluding hydrogens is 491 g/mol. The minimum atomic E-state index is -0.106. The van der Waals surface area contributed by atoms with Gasteiger partial charge in [0.05, 0.1) is 17.1 Å². The van der Waals surface area contributed by atoms with E-state index in [0.717, 1.165) is 51.9 Å². The van der Waals surface area contributed by atoms with Gasteiger partial charge in [0.1, 0.15) is 6.61 Å². The summed E-state index contributed by atoms with van der Waals surface area (Å²) in [6, 6.07) is 13.9. The first-order chi connectivity index (χ1) is 17.3. The van der Waals surface area contributed by atoms with Crippen LogP contribution >= 0.6 is 23.2 Å². The summed E-state index contributed by atoms with van der Waals surface area (Å²) in [5.74, 6) is 0.456. The van der Waals surface area contributed by atoms with Crippen LogP contribution in [0.4, 0.5) is 0 Å². The van der Waals surface area contributed by atoms with Gasteiger partial charge in [-0.3, -0.25) is 4.79 Å². The number of ether oxygens (including phenoxy) is 1. The molecule has 0 radical (unpaired) electrons. The molecule has 0 atom stereocenters. The largest absolute Gasteiger partial charge is 0.473 e. The number of carbonyl (C=O) groups is 1. The zero-order valence-electron chi connectivity index (χ0n) is 21.3. The van der Waals surface area contributed by atoms with E-state index in [1.54, 1.807) is 0 Å². The highest BCUT2D eigenvalue weighted by Gasteiger charge is 2.31. The van der Waals surface area contributed by atoms with Crippen molar-refractivity contribution in [3.05, 3.63) is 97.7 Å². The van der Waals surface area contributed by atoms with Crippen LogP contribution in [-0.2, 0) is 19.6 Å². The van der Waals surface area contributed by atoms with Crippen molar-refractivity contribution in [3.63, 3.8) is 0 Å². The summed E-state index contributed by atoms with van der Waals surface area (Å²) in [4.78, 5) is 20.3. The summed E-state index contributed by atoms with van der Waals surface area (Å²) in [7, 11) is 0. The number of halogens is 2. The molecule has 0 N–H and O–H groups in total. The Hall–Kier alpha value is -2.82. The Morgan fingerprint density at radius 2 is 1.89 bits per heavy atom. The highest BCUT2D eigenvalue weighted by atomic mass is 35.5. The maximum atomic E-state index is 13.8. The van der Waals surface area contributed by atoms with Gasteiger partial charge in [-0.25, -0.2) is 4.98 Å². The summed E-state index contributed by atoms with van der Waals surface area (Å²) in [6.07, 6.45) is 4.50. The molecule has 3 aromatic rings. The second-order valence-corrected chi connectivity index (χ2v) is 9.97. The number of amides is 1. The first-order valence-electron chi connectivity index (χ1n) is 12.5. The average Bonchev–Trinajstić information content (AvgIpc) is 2.86. The normalized spacial score (nSPS) is 13.7. The highest BCUT2D eigenvalue weighted by Crippen LogP contribution is 2.39. The van der Waals surface area contributed by atoms with Gasteiger partial charge in [0.15, 0.2) is 0 Å². The van der Waals surface area contributed by atoms with Gasteiger partial charge in [0, 0.05) is 22.8 Å². The van der Waals surface area contributed by atoms with Gasteiger partial charge in [0.2, 0.25) is 5.88 Å². The number of aromatic nitrogens is 1. The number of nitrogens with zero attached hydrogens (tertiary/aromatic N) is 2. The fraction of sp³-hybridized carbons (Fsp3) is 0.333. The van der Waals surface area contributed by atoms with Crippen molar-refractivity contribution >= 4 is 34.7 Å². The molecule has 4 rings (SSSR count). The monoisotopic (exact) mass is 522 g/mol.